The highest BCUT2D eigenvalue weighted by Crippen LogP contribution is 2.35. The molecule has 3 aromatic rings. The summed E-state index contributed by atoms with van der Waals surface area (Å²) in [5.74, 6) is 0.433. The van der Waals surface area contributed by atoms with Crippen molar-refractivity contribution in [3.63, 3.8) is 0 Å². The van der Waals surface area contributed by atoms with Gasteiger partial charge >= 0.3 is 0 Å². The van der Waals surface area contributed by atoms with Crippen molar-refractivity contribution in [3.8, 4) is 0 Å². The highest BCUT2D eigenvalue weighted by Gasteiger charge is 2.33. The molecule has 0 amide bonds. The molecular formula is C16H18ClN5O2S. The number of anilines is 1. The Morgan fingerprint density at radius 3 is 2.52 bits per heavy atom. The van der Waals surface area contributed by atoms with Gasteiger partial charge in [-0.3, -0.25) is 0 Å². The van der Waals surface area contributed by atoms with Crippen LogP contribution in [0.1, 0.15) is 12.8 Å². The Morgan fingerprint density at radius 1 is 1.12 bits per heavy atom. The molecule has 1 saturated carbocycles. The van der Waals surface area contributed by atoms with Crippen LogP contribution in [0.25, 0.3) is 11.2 Å². The summed E-state index contributed by atoms with van der Waals surface area (Å²) in [6.45, 7) is 0. The predicted octanol–water partition coefficient (Wildman–Crippen LogP) is 2.25. The fraction of sp³-hybridized carbons (Fsp3) is 0.312. The largest absolute Gasteiger partial charge is 0.390 e. The molecule has 1 aliphatic carbocycles. The number of aliphatic hydroxyl groups excluding tert-OH is 2. The molecule has 3 unspecified atom stereocenters. The molecule has 3 atom stereocenters. The lowest BCUT2D eigenvalue weighted by Gasteiger charge is -2.15. The molecule has 1 aromatic carbocycles. The van der Waals surface area contributed by atoms with Crippen molar-refractivity contribution in [2.24, 2.45) is 0 Å². The van der Waals surface area contributed by atoms with Crippen molar-refractivity contribution < 1.29 is 10.2 Å². The summed E-state index contributed by atoms with van der Waals surface area (Å²) in [5, 5.41) is 19.9. The van der Waals surface area contributed by atoms with Crippen molar-refractivity contribution in [2.75, 3.05) is 5.73 Å². The van der Waals surface area contributed by atoms with Gasteiger partial charge in [-0.15, -0.1) is 11.8 Å². The monoisotopic (exact) mass is 379 g/mol. The topological polar surface area (TPSA) is 121 Å². The highest BCUT2D eigenvalue weighted by molar-refractivity contribution is 8.00. The zero-order valence-corrected chi connectivity index (χ0v) is 14.8. The van der Waals surface area contributed by atoms with Crippen molar-refractivity contribution in [3.05, 3.63) is 41.9 Å². The summed E-state index contributed by atoms with van der Waals surface area (Å²) in [6, 6.07) is 7.54. The van der Waals surface area contributed by atoms with Gasteiger partial charge in [0.15, 0.2) is 11.5 Å². The minimum absolute atomic E-state index is 0.0983. The van der Waals surface area contributed by atoms with E-state index in [2.05, 4.69) is 19.9 Å². The second-order valence-corrected chi connectivity index (χ2v) is 7.35. The SMILES string of the molecule is Nc1ncnc2nc[nH]c12.OC1CCC(Sc2ccc(Cl)cc2)C1O. The summed E-state index contributed by atoms with van der Waals surface area (Å²) < 4.78 is 0. The zero-order chi connectivity index (χ0) is 17.8. The number of aromatic amines is 1. The number of nitrogen functional groups attached to an aromatic ring is 1. The number of rotatable bonds is 2. The number of nitrogens with zero attached hydrogens (tertiary/aromatic N) is 3. The minimum Gasteiger partial charge on any atom is -0.390 e. The minimum atomic E-state index is -0.606. The molecule has 7 nitrogen and oxygen atoms in total. The number of aliphatic hydroxyl groups is 2. The Labute approximate surface area is 153 Å². The van der Waals surface area contributed by atoms with E-state index in [0.717, 1.165) is 11.3 Å². The molecule has 0 spiro atoms. The van der Waals surface area contributed by atoms with Crippen LogP contribution in [0.15, 0.2) is 41.8 Å². The van der Waals surface area contributed by atoms with Crippen molar-refractivity contribution in [2.45, 2.75) is 35.2 Å². The Hall–Kier alpha value is -1.87. The average molecular weight is 380 g/mol. The fourth-order valence-corrected chi connectivity index (χ4v) is 3.87. The Kier molecular flexibility index (Phi) is 5.74. The van der Waals surface area contributed by atoms with E-state index < -0.39 is 12.2 Å². The van der Waals surface area contributed by atoms with E-state index in [4.69, 9.17) is 17.3 Å². The normalized spacial score (nSPS) is 22.6. The van der Waals surface area contributed by atoms with Crippen molar-refractivity contribution >= 4 is 40.3 Å². The van der Waals surface area contributed by atoms with Crippen LogP contribution in [-0.4, -0.2) is 47.6 Å². The summed E-state index contributed by atoms with van der Waals surface area (Å²) in [5.41, 5.74) is 6.78. The summed E-state index contributed by atoms with van der Waals surface area (Å²) in [6.07, 6.45) is 3.30. The third kappa shape index (κ3) is 4.40. The smallest absolute Gasteiger partial charge is 0.182 e. The number of imidazole rings is 1. The summed E-state index contributed by atoms with van der Waals surface area (Å²) >= 11 is 7.38. The number of hydrogen-bond acceptors (Lipinski definition) is 7. The number of nitrogens with one attached hydrogen (secondary N) is 1. The molecular weight excluding hydrogens is 362 g/mol. The van der Waals surface area contributed by atoms with Crippen LogP contribution in [0.2, 0.25) is 5.02 Å². The van der Waals surface area contributed by atoms with Crippen LogP contribution >= 0.6 is 23.4 Å². The molecule has 5 N–H and O–H groups in total. The van der Waals surface area contributed by atoms with E-state index in [-0.39, 0.29) is 5.25 Å². The van der Waals surface area contributed by atoms with Gasteiger partial charge in [0, 0.05) is 15.2 Å². The van der Waals surface area contributed by atoms with E-state index in [9.17, 15) is 10.2 Å². The number of nitrogens with two attached hydrogens (primary N) is 1. The third-order valence-electron chi connectivity index (χ3n) is 3.88. The quantitative estimate of drug-likeness (QED) is 0.538. The first-order valence-corrected chi connectivity index (χ1v) is 8.98. The van der Waals surface area contributed by atoms with Crippen LogP contribution in [0.4, 0.5) is 5.82 Å². The van der Waals surface area contributed by atoms with Crippen molar-refractivity contribution in [1.29, 1.82) is 0 Å². The Balaban J connectivity index is 0.000000157. The van der Waals surface area contributed by atoms with Gasteiger partial charge in [0.1, 0.15) is 11.8 Å². The van der Waals surface area contributed by atoms with Gasteiger partial charge in [0.2, 0.25) is 0 Å². The van der Waals surface area contributed by atoms with Crippen LogP contribution in [0, 0.1) is 0 Å². The predicted molar refractivity (Wildman–Crippen MR) is 98.4 cm³/mol. The summed E-state index contributed by atoms with van der Waals surface area (Å²) in [7, 11) is 0. The van der Waals surface area contributed by atoms with Gasteiger partial charge in [-0.05, 0) is 37.1 Å². The first kappa shape index (κ1) is 17.9. The molecule has 1 aliphatic rings. The second-order valence-electron chi connectivity index (χ2n) is 5.61. The van der Waals surface area contributed by atoms with E-state index in [1.54, 1.807) is 11.8 Å². The van der Waals surface area contributed by atoms with Gasteiger partial charge in [-0.1, -0.05) is 11.6 Å². The molecule has 2 heterocycles. The number of benzene rings is 1. The van der Waals surface area contributed by atoms with Crippen LogP contribution in [0.3, 0.4) is 0 Å². The maximum absolute atomic E-state index is 9.68. The third-order valence-corrected chi connectivity index (χ3v) is 5.49. The van der Waals surface area contributed by atoms with Gasteiger partial charge in [-0.25, -0.2) is 15.0 Å². The molecule has 0 bridgehead atoms. The van der Waals surface area contributed by atoms with E-state index in [1.165, 1.54) is 12.7 Å². The van der Waals surface area contributed by atoms with E-state index in [1.807, 2.05) is 24.3 Å². The highest BCUT2D eigenvalue weighted by atomic mass is 35.5. The van der Waals surface area contributed by atoms with Gasteiger partial charge in [0.05, 0.1) is 18.5 Å². The molecule has 9 heteroatoms. The summed E-state index contributed by atoms with van der Waals surface area (Å²) in [4.78, 5) is 15.4. The number of fused-ring (bicyclic) bond motifs is 1. The van der Waals surface area contributed by atoms with Gasteiger partial charge in [0.25, 0.3) is 0 Å². The second kappa shape index (κ2) is 8.01. The Bertz CT molecular complexity index is 829. The molecule has 0 saturated heterocycles. The molecule has 4 rings (SSSR count). The molecule has 1 fully saturated rings. The lowest BCUT2D eigenvalue weighted by atomic mass is 10.3. The first-order chi connectivity index (χ1) is 12.0. The molecule has 0 radical (unpaired) electrons. The molecule has 25 heavy (non-hydrogen) atoms. The first-order valence-electron chi connectivity index (χ1n) is 7.72. The average Bonchev–Trinajstić information content (AvgIpc) is 3.21. The standard InChI is InChI=1S/C11H13ClO2S.C5H5N5/c12-7-1-3-8(4-2-7)15-10-6-5-9(13)11(10)14;6-4-3-5(9-1-7-3)10-2-8-4/h1-4,9-11,13-14H,5-6H2;1-2H,(H3,6,7,8,9,10). The van der Waals surface area contributed by atoms with Crippen LogP contribution in [-0.2, 0) is 0 Å². The number of aromatic nitrogens is 4. The molecule has 132 valence electrons. The fourth-order valence-electron chi connectivity index (χ4n) is 2.52. The van der Waals surface area contributed by atoms with Gasteiger partial charge < -0.3 is 20.9 Å². The number of halogens is 1. The maximum Gasteiger partial charge on any atom is 0.182 e. The number of H-pyrrole nitrogens is 1. The molecule has 2 aromatic heterocycles. The number of hydrogen-bond donors (Lipinski definition) is 4. The van der Waals surface area contributed by atoms with Crippen molar-refractivity contribution in [1.82, 2.24) is 19.9 Å². The maximum atomic E-state index is 9.68. The lowest BCUT2D eigenvalue weighted by molar-refractivity contribution is 0.0463. The Morgan fingerprint density at radius 2 is 1.88 bits per heavy atom. The zero-order valence-electron chi connectivity index (χ0n) is 13.2. The van der Waals surface area contributed by atoms with E-state index >= 15 is 0 Å². The van der Waals surface area contributed by atoms with Crippen LogP contribution < -0.4 is 5.73 Å². The number of thioether (sulfide) groups is 1. The lowest BCUT2D eigenvalue weighted by Crippen LogP contribution is -2.26. The van der Waals surface area contributed by atoms with Gasteiger partial charge in [-0.2, -0.15) is 0 Å². The van der Waals surface area contributed by atoms with Crippen LogP contribution in [0.5, 0.6) is 0 Å². The van der Waals surface area contributed by atoms with E-state index in [0.29, 0.717) is 28.4 Å². The molecule has 0 aliphatic heterocycles.